The van der Waals surface area contributed by atoms with Gasteiger partial charge < -0.3 is 11.1 Å². The lowest BCUT2D eigenvalue weighted by molar-refractivity contribution is 0.687. The molecule has 5 heteroatoms. The summed E-state index contributed by atoms with van der Waals surface area (Å²) in [5.41, 5.74) is 7.23. The van der Waals surface area contributed by atoms with E-state index in [4.69, 9.17) is 5.73 Å². The van der Waals surface area contributed by atoms with Crippen LogP contribution in [0.15, 0.2) is 12.3 Å². The van der Waals surface area contributed by atoms with Gasteiger partial charge in [0, 0.05) is 29.4 Å². The van der Waals surface area contributed by atoms with Crippen molar-refractivity contribution < 1.29 is 4.21 Å². The maximum Gasteiger partial charge on any atom is 0.129 e. The first kappa shape index (κ1) is 11.0. The number of pyridine rings is 1. The Bertz CT molecular complexity index is 341. The van der Waals surface area contributed by atoms with Gasteiger partial charge in [0.1, 0.15) is 5.82 Å². The van der Waals surface area contributed by atoms with Gasteiger partial charge in [0.2, 0.25) is 0 Å². The van der Waals surface area contributed by atoms with Crippen molar-refractivity contribution in [2.24, 2.45) is 0 Å². The fraction of sp³-hybridized carbons (Fsp3) is 0.444. The number of hydrogen-bond donors (Lipinski definition) is 2. The first-order valence-electron chi connectivity index (χ1n) is 4.35. The Morgan fingerprint density at radius 2 is 2.36 bits per heavy atom. The van der Waals surface area contributed by atoms with E-state index < -0.39 is 10.8 Å². The van der Waals surface area contributed by atoms with E-state index in [2.05, 4.69) is 10.3 Å². The van der Waals surface area contributed by atoms with E-state index in [0.29, 0.717) is 18.0 Å². The number of nitrogens with one attached hydrogen (secondary N) is 1. The number of hydrogen-bond acceptors (Lipinski definition) is 4. The molecule has 14 heavy (non-hydrogen) atoms. The molecule has 0 radical (unpaired) electrons. The zero-order valence-electron chi connectivity index (χ0n) is 8.41. The van der Waals surface area contributed by atoms with Crippen LogP contribution in [0.4, 0.5) is 11.5 Å². The van der Waals surface area contributed by atoms with Crippen LogP contribution in [0.2, 0.25) is 0 Å². The zero-order valence-corrected chi connectivity index (χ0v) is 9.23. The molecule has 0 aliphatic carbocycles. The van der Waals surface area contributed by atoms with Gasteiger partial charge in [-0.3, -0.25) is 4.21 Å². The van der Waals surface area contributed by atoms with Gasteiger partial charge >= 0.3 is 0 Å². The van der Waals surface area contributed by atoms with E-state index in [-0.39, 0.29) is 0 Å². The number of aryl methyl sites for hydroxylation is 1. The average Bonchev–Trinajstić information content (AvgIpc) is 2.08. The van der Waals surface area contributed by atoms with Gasteiger partial charge in [0.15, 0.2) is 0 Å². The second-order valence-corrected chi connectivity index (χ2v) is 4.69. The summed E-state index contributed by atoms with van der Waals surface area (Å²) in [6.45, 7) is 2.61. The molecule has 3 N–H and O–H groups in total. The quantitative estimate of drug-likeness (QED) is 0.775. The molecule has 0 bridgehead atoms. The second-order valence-electron chi connectivity index (χ2n) is 3.14. The van der Waals surface area contributed by atoms with Crippen LogP contribution in [0.3, 0.4) is 0 Å². The van der Waals surface area contributed by atoms with Crippen molar-refractivity contribution in [3.05, 3.63) is 17.8 Å². The van der Waals surface area contributed by atoms with Crippen LogP contribution < -0.4 is 11.1 Å². The van der Waals surface area contributed by atoms with Gasteiger partial charge in [0.25, 0.3) is 0 Å². The first-order valence-corrected chi connectivity index (χ1v) is 6.08. The molecule has 0 aliphatic heterocycles. The van der Waals surface area contributed by atoms with Crippen molar-refractivity contribution in [1.29, 1.82) is 0 Å². The summed E-state index contributed by atoms with van der Waals surface area (Å²) in [6.07, 6.45) is 3.29. The lowest BCUT2D eigenvalue weighted by Gasteiger charge is -2.07. The van der Waals surface area contributed by atoms with Crippen molar-refractivity contribution in [2.75, 3.05) is 29.6 Å². The van der Waals surface area contributed by atoms with Crippen molar-refractivity contribution in [3.8, 4) is 0 Å². The molecule has 0 fully saturated rings. The molecule has 78 valence electrons. The zero-order chi connectivity index (χ0) is 10.6. The number of aromatic nitrogens is 1. The van der Waals surface area contributed by atoms with Gasteiger partial charge in [-0.25, -0.2) is 4.98 Å². The van der Waals surface area contributed by atoms with Crippen molar-refractivity contribution in [1.82, 2.24) is 4.98 Å². The van der Waals surface area contributed by atoms with E-state index >= 15 is 0 Å². The Labute approximate surface area is 86.4 Å². The van der Waals surface area contributed by atoms with Crippen molar-refractivity contribution in [3.63, 3.8) is 0 Å². The maximum absolute atomic E-state index is 10.8. The SMILES string of the molecule is Cc1cc(N)cnc1NCCS(C)=O. The van der Waals surface area contributed by atoms with E-state index in [1.165, 1.54) is 0 Å². The highest BCUT2D eigenvalue weighted by atomic mass is 32.2. The largest absolute Gasteiger partial charge is 0.397 e. The molecule has 0 spiro atoms. The monoisotopic (exact) mass is 213 g/mol. The van der Waals surface area contributed by atoms with Crippen molar-refractivity contribution in [2.45, 2.75) is 6.92 Å². The van der Waals surface area contributed by atoms with Gasteiger partial charge in [-0.15, -0.1) is 0 Å². The molecule has 0 aliphatic rings. The second kappa shape index (κ2) is 4.95. The summed E-state index contributed by atoms with van der Waals surface area (Å²) in [6, 6.07) is 1.86. The van der Waals surface area contributed by atoms with Crippen LogP contribution in [-0.4, -0.2) is 27.7 Å². The Balaban J connectivity index is 2.55. The standard InChI is InChI=1S/C9H15N3OS/c1-7-5-8(10)6-12-9(7)11-3-4-14(2)13/h5-6H,3-4,10H2,1-2H3,(H,11,12). The lowest BCUT2D eigenvalue weighted by atomic mass is 10.2. The van der Waals surface area contributed by atoms with Crippen LogP contribution in [-0.2, 0) is 10.8 Å². The average molecular weight is 213 g/mol. The first-order chi connectivity index (χ1) is 6.59. The Morgan fingerprint density at radius 3 is 2.93 bits per heavy atom. The molecule has 1 heterocycles. The molecular formula is C9H15N3OS. The fourth-order valence-electron chi connectivity index (χ4n) is 1.09. The minimum absolute atomic E-state index is 0.630. The van der Waals surface area contributed by atoms with Crippen LogP contribution in [0.1, 0.15) is 5.56 Å². The predicted molar refractivity (Wildman–Crippen MR) is 60.8 cm³/mol. The molecule has 0 saturated carbocycles. The molecule has 1 rings (SSSR count). The molecule has 1 atom stereocenters. The van der Waals surface area contributed by atoms with Crippen LogP contribution in [0.5, 0.6) is 0 Å². The highest BCUT2D eigenvalue weighted by Gasteiger charge is 1.99. The number of nitrogen functional groups attached to an aromatic ring is 1. The minimum atomic E-state index is -0.765. The van der Waals surface area contributed by atoms with Crippen LogP contribution >= 0.6 is 0 Å². The molecule has 4 nitrogen and oxygen atoms in total. The molecule has 1 aromatic heterocycles. The minimum Gasteiger partial charge on any atom is -0.397 e. The number of rotatable bonds is 4. The summed E-state index contributed by atoms with van der Waals surface area (Å²) in [7, 11) is -0.765. The Kier molecular flexibility index (Phi) is 3.88. The topological polar surface area (TPSA) is 68.0 Å². The van der Waals surface area contributed by atoms with E-state index in [9.17, 15) is 4.21 Å². The number of nitrogens with two attached hydrogens (primary N) is 1. The fourth-order valence-corrected chi connectivity index (χ4v) is 1.48. The molecule has 1 aromatic rings. The lowest BCUT2D eigenvalue weighted by Crippen LogP contribution is -2.11. The number of anilines is 2. The van der Waals surface area contributed by atoms with Crippen molar-refractivity contribution >= 4 is 22.3 Å². The van der Waals surface area contributed by atoms with E-state index in [0.717, 1.165) is 11.4 Å². The molecule has 0 aromatic carbocycles. The highest BCUT2D eigenvalue weighted by molar-refractivity contribution is 7.84. The molecular weight excluding hydrogens is 198 g/mol. The smallest absolute Gasteiger partial charge is 0.129 e. The highest BCUT2D eigenvalue weighted by Crippen LogP contribution is 2.13. The normalized spacial score (nSPS) is 12.4. The Hall–Kier alpha value is -1.10. The third-order valence-corrected chi connectivity index (χ3v) is 2.56. The van der Waals surface area contributed by atoms with Gasteiger partial charge in [-0.2, -0.15) is 0 Å². The van der Waals surface area contributed by atoms with Crippen LogP contribution in [0, 0.1) is 6.92 Å². The third-order valence-electron chi connectivity index (χ3n) is 1.78. The summed E-state index contributed by atoms with van der Waals surface area (Å²) in [4.78, 5) is 4.14. The molecule has 0 amide bonds. The number of nitrogens with zero attached hydrogens (tertiary/aromatic N) is 1. The van der Waals surface area contributed by atoms with Gasteiger partial charge in [0.05, 0.1) is 11.9 Å². The predicted octanol–water partition coefficient (Wildman–Crippen LogP) is 0.763. The summed E-state index contributed by atoms with van der Waals surface area (Å²) >= 11 is 0. The molecule has 0 saturated heterocycles. The Morgan fingerprint density at radius 1 is 1.64 bits per heavy atom. The van der Waals surface area contributed by atoms with Gasteiger partial charge in [-0.1, -0.05) is 0 Å². The maximum atomic E-state index is 10.8. The summed E-state index contributed by atoms with van der Waals surface area (Å²) < 4.78 is 10.8. The van der Waals surface area contributed by atoms with E-state index in [1.54, 1.807) is 12.5 Å². The molecule has 1 unspecified atom stereocenters. The van der Waals surface area contributed by atoms with Crippen LogP contribution in [0.25, 0.3) is 0 Å². The van der Waals surface area contributed by atoms with Gasteiger partial charge in [-0.05, 0) is 18.6 Å². The summed E-state index contributed by atoms with van der Waals surface area (Å²) in [5.74, 6) is 1.44. The summed E-state index contributed by atoms with van der Waals surface area (Å²) in [5, 5.41) is 3.11. The van der Waals surface area contributed by atoms with E-state index in [1.807, 2.05) is 13.0 Å². The third kappa shape index (κ3) is 3.33.